The van der Waals surface area contributed by atoms with E-state index >= 15 is 0 Å². The van der Waals surface area contributed by atoms with Crippen molar-refractivity contribution < 1.29 is 17.8 Å². The van der Waals surface area contributed by atoms with E-state index in [9.17, 15) is 9.59 Å². The summed E-state index contributed by atoms with van der Waals surface area (Å²) in [4.78, 5) is 36.3. The molecule has 5 nitrogen and oxygen atoms in total. The normalized spacial score (nSPS) is 20.3. The maximum absolute atomic E-state index is 13.4. The highest BCUT2D eigenvalue weighted by Crippen LogP contribution is 2.39. The summed E-state index contributed by atoms with van der Waals surface area (Å²) in [6.45, 7) is 0.423. The number of fused-ring (bicyclic) bond motifs is 2. The van der Waals surface area contributed by atoms with Crippen LogP contribution in [-0.2, 0) is 4.79 Å². The molecule has 0 radical (unpaired) electrons. The monoisotopic (exact) mass is 393 g/mol. The molecule has 0 fully saturated rings. The third-order valence-corrected chi connectivity index (χ3v) is 4.93. The summed E-state index contributed by atoms with van der Waals surface area (Å²) in [6.07, 6.45) is -2.66. The van der Waals surface area contributed by atoms with Crippen LogP contribution in [0.25, 0.3) is 11.0 Å². The van der Waals surface area contributed by atoms with Gasteiger partial charge in [-0.05, 0) is 55.0 Å². The lowest BCUT2D eigenvalue weighted by molar-refractivity contribution is -0.119. The third-order valence-electron chi connectivity index (χ3n) is 4.93. The minimum absolute atomic E-state index is 0.113. The predicted octanol–water partition coefficient (Wildman–Crippen LogP) is 5.04. The molecule has 0 spiro atoms. The highest BCUT2D eigenvalue weighted by atomic mass is 16.2. The molecule has 148 valence electrons. The molecule has 4 rings (SSSR count). The number of hydrogen-bond donors (Lipinski definition) is 0. The Labute approximate surface area is 179 Å². The molecule has 1 aliphatic rings. The number of anilines is 1. The van der Waals surface area contributed by atoms with E-state index < -0.39 is 37.4 Å². The second-order valence-electron chi connectivity index (χ2n) is 7.29. The zero-order valence-corrected chi connectivity index (χ0v) is 16.3. The lowest BCUT2D eigenvalue weighted by Gasteiger charge is -2.24. The van der Waals surface area contributed by atoms with E-state index in [0.29, 0.717) is 16.5 Å². The molecule has 1 atom stereocenters. The van der Waals surface area contributed by atoms with Gasteiger partial charge in [0.05, 0.1) is 6.04 Å². The Hall–Kier alpha value is -3.08. The molecule has 0 saturated heterocycles. The minimum Gasteiger partial charge on any atom is -0.300 e. The number of rotatable bonds is 6. The molecule has 0 saturated carbocycles. The van der Waals surface area contributed by atoms with Crippen LogP contribution in [0.15, 0.2) is 48.5 Å². The number of carbonyl (C=O) groups excluding carboxylic acids is 2. The average molecular weight is 394 g/mol. The van der Waals surface area contributed by atoms with Gasteiger partial charge in [0.1, 0.15) is 11.6 Å². The van der Waals surface area contributed by atoms with Gasteiger partial charge in [-0.3, -0.25) is 14.5 Å². The van der Waals surface area contributed by atoms with Gasteiger partial charge in [0.2, 0.25) is 0 Å². The molecule has 0 aliphatic carbocycles. The highest BCUT2D eigenvalue weighted by Gasteiger charge is 2.39. The van der Waals surface area contributed by atoms with Gasteiger partial charge in [0.25, 0.3) is 5.91 Å². The fourth-order valence-corrected chi connectivity index (χ4v) is 3.54. The van der Waals surface area contributed by atoms with Crippen molar-refractivity contribution in [1.82, 2.24) is 9.97 Å². The van der Waals surface area contributed by atoms with Crippen LogP contribution in [0, 0.1) is 12.7 Å². The quantitative estimate of drug-likeness (QED) is 0.589. The van der Waals surface area contributed by atoms with Crippen LogP contribution in [-0.4, -0.2) is 21.7 Å². The first-order valence-corrected chi connectivity index (χ1v) is 9.41. The standard InChI is InChI=1S/C24H25N3O2/c1-15(2)8-12-18(28)14-21-19-6-4-5-7-20(19)24(29)27(21)22-13-11-17-10-9-16(3)25-23(17)26-22/h4-7,9-11,13,15,21H,8,12,14H2,1-3H3/t21-/m0/s1/i3D3,8D2,15D. The largest absolute Gasteiger partial charge is 0.300 e. The van der Waals surface area contributed by atoms with Gasteiger partial charge in [-0.15, -0.1) is 0 Å². The van der Waals surface area contributed by atoms with E-state index in [-0.39, 0.29) is 29.5 Å². The van der Waals surface area contributed by atoms with Crippen molar-refractivity contribution in [3.8, 4) is 0 Å². The van der Waals surface area contributed by atoms with Gasteiger partial charge in [-0.1, -0.05) is 32.0 Å². The van der Waals surface area contributed by atoms with Gasteiger partial charge in [0.15, 0.2) is 5.65 Å². The number of ketones is 1. The maximum Gasteiger partial charge on any atom is 0.260 e. The van der Waals surface area contributed by atoms with Gasteiger partial charge >= 0.3 is 0 Å². The number of pyridine rings is 2. The topological polar surface area (TPSA) is 63.2 Å². The molecule has 0 bridgehead atoms. The van der Waals surface area contributed by atoms with Crippen molar-refractivity contribution in [3.05, 3.63) is 65.4 Å². The molecule has 3 heterocycles. The number of nitrogens with zero attached hydrogens (tertiary/aromatic N) is 3. The summed E-state index contributed by atoms with van der Waals surface area (Å²) in [5, 5.41) is 0.601. The zero-order chi connectivity index (χ0) is 25.8. The molecule has 1 amide bonds. The molecule has 3 aromatic rings. The Morgan fingerprint density at radius 1 is 1.21 bits per heavy atom. The zero-order valence-electron chi connectivity index (χ0n) is 22.3. The Morgan fingerprint density at radius 2 is 2.00 bits per heavy atom. The van der Waals surface area contributed by atoms with Crippen LogP contribution in [0.2, 0.25) is 0 Å². The number of amides is 1. The molecule has 1 aliphatic heterocycles. The highest BCUT2D eigenvalue weighted by molar-refractivity contribution is 6.11. The lowest BCUT2D eigenvalue weighted by atomic mass is 9.97. The predicted molar refractivity (Wildman–Crippen MR) is 114 cm³/mol. The van der Waals surface area contributed by atoms with Crippen molar-refractivity contribution in [2.24, 2.45) is 5.89 Å². The van der Waals surface area contributed by atoms with Crippen molar-refractivity contribution in [2.75, 3.05) is 4.90 Å². The Bertz CT molecular complexity index is 1320. The first-order chi connectivity index (χ1) is 16.2. The van der Waals surface area contributed by atoms with E-state index in [4.69, 9.17) is 8.22 Å². The smallest absolute Gasteiger partial charge is 0.260 e. The number of Topliss-reactive ketones (excluding diaryl/α,β-unsaturated/α-hetero) is 1. The summed E-state index contributed by atoms with van der Waals surface area (Å²) in [7, 11) is 0. The Balaban J connectivity index is 1.73. The van der Waals surface area contributed by atoms with Gasteiger partial charge in [0, 0.05) is 37.7 Å². The summed E-state index contributed by atoms with van der Waals surface area (Å²) in [5.74, 6) is -2.03. The average Bonchev–Trinajstić information content (AvgIpc) is 3.03. The SMILES string of the molecule is [2H]C([2H])([2H])c1ccc2ccc(N3C(=O)c4ccccc4[C@@H]3CC(=O)CC([2H])([2H])C([2H])(C)C)nc2n1. The number of benzene rings is 1. The van der Waals surface area contributed by atoms with Crippen LogP contribution >= 0.6 is 0 Å². The lowest BCUT2D eigenvalue weighted by Crippen LogP contribution is -2.30. The minimum atomic E-state index is -2.41. The van der Waals surface area contributed by atoms with E-state index in [1.165, 1.54) is 24.8 Å². The summed E-state index contributed by atoms with van der Waals surface area (Å²) >= 11 is 0. The maximum atomic E-state index is 13.4. The van der Waals surface area contributed by atoms with E-state index in [1.54, 1.807) is 42.5 Å². The van der Waals surface area contributed by atoms with Gasteiger partial charge < -0.3 is 0 Å². The second kappa shape index (κ2) is 7.74. The molecular weight excluding hydrogens is 362 g/mol. The first kappa shape index (κ1) is 13.2. The fraction of sp³-hybridized carbons (Fsp3) is 0.333. The van der Waals surface area contributed by atoms with E-state index in [2.05, 4.69) is 9.97 Å². The van der Waals surface area contributed by atoms with E-state index in [0.717, 1.165) is 0 Å². The van der Waals surface area contributed by atoms with Crippen LogP contribution in [0.4, 0.5) is 5.82 Å². The van der Waals surface area contributed by atoms with Crippen LogP contribution < -0.4 is 4.90 Å². The van der Waals surface area contributed by atoms with Crippen LogP contribution in [0.5, 0.6) is 0 Å². The van der Waals surface area contributed by atoms with Crippen molar-refractivity contribution >= 4 is 28.5 Å². The number of carbonyl (C=O) groups is 2. The Kier molecular flexibility index (Phi) is 3.52. The second-order valence-corrected chi connectivity index (χ2v) is 7.29. The number of hydrogen-bond acceptors (Lipinski definition) is 4. The van der Waals surface area contributed by atoms with Crippen LogP contribution in [0.1, 0.15) is 68.9 Å². The first-order valence-electron chi connectivity index (χ1n) is 12.4. The van der Waals surface area contributed by atoms with Crippen molar-refractivity contribution in [1.29, 1.82) is 0 Å². The summed E-state index contributed by atoms with van der Waals surface area (Å²) in [5.41, 5.74) is 1.10. The summed E-state index contributed by atoms with van der Waals surface area (Å²) in [6, 6.07) is 12.5. The molecule has 1 aromatic carbocycles. The van der Waals surface area contributed by atoms with Gasteiger partial charge in [-0.25, -0.2) is 9.97 Å². The van der Waals surface area contributed by atoms with Crippen LogP contribution in [0.3, 0.4) is 0 Å². The fourth-order valence-electron chi connectivity index (χ4n) is 3.54. The van der Waals surface area contributed by atoms with E-state index in [1.807, 2.05) is 0 Å². The molecule has 0 unspecified atom stereocenters. The third kappa shape index (κ3) is 3.77. The summed E-state index contributed by atoms with van der Waals surface area (Å²) < 4.78 is 47.2. The van der Waals surface area contributed by atoms with Gasteiger partial charge in [-0.2, -0.15) is 0 Å². The Morgan fingerprint density at radius 3 is 2.79 bits per heavy atom. The van der Waals surface area contributed by atoms with Crippen molar-refractivity contribution in [2.45, 2.75) is 46.0 Å². The molecule has 5 heteroatoms. The molecule has 2 aromatic heterocycles. The number of aromatic nitrogens is 2. The molecule has 0 N–H and O–H groups in total. The molecular formula is C24H25N3O2. The van der Waals surface area contributed by atoms with Crippen molar-refractivity contribution in [3.63, 3.8) is 0 Å². The molecule has 29 heavy (non-hydrogen) atoms. The number of aryl methyl sites for hydroxylation is 1.